The van der Waals surface area contributed by atoms with Crippen LogP contribution in [0.4, 0.5) is 11.4 Å². The highest BCUT2D eigenvalue weighted by atomic mass is 15.3. The number of aromatic nitrogens is 3. The number of nitrogens with zero attached hydrogens (tertiary/aromatic N) is 6. The number of likely N-dealkylation sites (tertiary alicyclic amines) is 1. The number of para-hydroxylation sites is 2. The average Bonchev–Trinajstić information content (AvgIpc) is 3.95. The second kappa shape index (κ2) is 27.0. The van der Waals surface area contributed by atoms with E-state index < -0.39 is 0 Å². The quantitative estimate of drug-likeness (QED) is 0.175. The summed E-state index contributed by atoms with van der Waals surface area (Å²) in [7, 11) is 0. The van der Waals surface area contributed by atoms with Crippen molar-refractivity contribution in [1.82, 2.24) is 23.5 Å². The van der Waals surface area contributed by atoms with Crippen LogP contribution in [0.25, 0.3) is 0 Å². The molecule has 1 aliphatic heterocycles. The molecule has 4 heterocycles. The first kappa shape index (κ1) is 66.0. The summed E-state index contributed by atoms with van der Waals surface area (Å²) in [5.74, 6) is 0. The normalized spacial score (nSPS) is 15.0. The fourth-order valence-corrected chi connectivity index (χ4v) is 12.1. The average molecular weight is 992 g/mol. The smallest absolute Gasteiger partial charge is 0.0413 e. The summed E-state index contributed by atoms with van der Waals surface area (Å²) in [5, 5.41) is 0. The molecular formula is C66H114N6. The van der Waals surface area contributed by atoms with Gasteiger partial charge in [0.15, 0.2) is 0 Å². The Bertz CT molecular complexity index is 2050. The molecule has 2 aromatic carbocycles. The maximum atomic E-state index is 2.68. The van der Waals surface area contributed by atoms with Crippen molar-refractivity contribution in [2.75, 3.05) is 4.90 Å². The van der Waals surface area contributed by atoms with Crippen molar-refractivity contribution in [2.45, 2.75) is 277 Å². The second-order valence-corrected chi connectivity index (χ2v) is 27.4. The number of aryl methyl sites for hydroxylation is 4. The van der Waals surface area contributed by atoms with Crippen LogP contribution in [0.15, 0.2) is 109 Å². The lowest BCUT2D eigenvalue weighted by atomic mass is 9.79. The number of anilines is 2. The third kappa shape index (κ3) is 21.1. The van der Waals surface area contributed by atoms with E-state index in [9.17, 15) is 0 Å². The number of rotatable bonds is 5. The molecule has 6 nitrogen and oxygen atoms in total. The van der Waals surface area contributed by atoms with E-state index in [2.05, 4.69) is 314 Å². The van der Waals surface area contributed by atoms with Crippen LogP contribution >= 0.6 is 0 Å². The molecule has 3 aromatic heterocycles. The molecular weight excluding hydrogens is 877 g/mol. The van der Waals surface area contributed by atoms with E-state index in [-0.39, 0.29) is 27.7 Å². The lowest BCUT2D eigenvalue weighted by Crippen LogP contribution is -2.61. The standard InChI is InChI=1S/C15H17N.C12H25N.C11H25N.2C10H17N.C8H13N/c1-13(2)16(14-9-5-3-6-10-14)15-11-7-4-8-12-15;1-10(2)13-11(3,4)8-7-9-12(13,5)6;1-9(2)12(10(3,4)5)11(6,7)8;2*1-8-6-7-9(2)11(8)10(3,4)5;1-8(2,3)9-6-4-5-7-9/h3-13H,1-2H3;10H,7-9H2,1-6H3;9H,1-8H3;2*6-7H,1-5H3;4-7H,1-3H3. The van der Waals surface area contributed by atoms with Gasteiger partial charge in [-0.2, -0.15) is 0 Å². The molecule has 0 saturated carbocycles. The molecule has 0 aliphatic carbocycles. The third-order valence-corrected chi connectivity index (χ3v) is 13.2. The minimum atomic E-state index is 0.220. The Hall–Kier alpha value is -4.00. The van der Waals surface area contributed by atoms with Crippen LogP contribution in [-0.4, -0.2) is 63.8 Å². The third-order valence-electron chi connectivity index (χ3n) is 13.2. The SMILES string of the molecule is CC(C)(C)n1cccc1.CC(C)N(C(C)(C)C)C(C)(C)C.CC(C)N(c1ccccc1)c1ccccc1.CC(C)N1C(C)(C)CCCC1(C)C.Cc1ccc(C)n1C(C)(C)C.Cc1ccc(C)n1C(C)(C)C. The predicted octanol–water partition coefficient (Wildman–Crippen LogP) is 18.9. The Labute approximate surface area is 447 Å². The van der Waals surface area contributed by atoms with Crippen LogP contribution in [0.5, 0.6) is 0 Å². The molecule has 0 atom stereocenters. The number of benzene rings is 2. The molecule has 72 heavy (non-hydrogen) atoms. The summed E-state index contributed by atoms with van der Waals surface area (Å²) < 4.78 is 6.90. The van der Waals surface area contributed by atoms with Gasteiger partial charge in [0.05, 0.1) is 0 Å². The van der Waals surface area contributed by atoms with Crippen LogP contribution in [-0.2, 0) is 16.6 Å². The van der Waals surface area contributed by atoms with Crippen LogP contribution in [0.1, 0.15) is 215 Å². The maximum Gasteiger partial charge on any atom is 0.0413 e. The second-order valence-electron chi connectivity index (χ2n) is 27.4. The summed E-state index contributed by atoms with van der Waals surface area (Å²) in [6, 6.07) is 35.5. The highest BCUT2D eigenvalue weighted by Gasteiger charge is 2.42. The van der Waals surface area contributed by atoms with Crippen molar-refractivity contribution in [1.29, 1.82) is 0 Å². The van der Waals surface area contributed by atoms with Gasteiger partial charge >= 0.3 is 0 Å². The number of hydrogen-bond donors (Lipinski definition) is 0. The van der Waals surface area contributed by atoms with Crippen molar-refractivity contribution >= 4 is 11.4 Å². The van der Waals surface area contributed by atoms with Gasteiger partial charge in [-0.3, -0.25) is 9.80 Å². The highest BCUT2D eigenvalue weighted by molar-refractivity contribution is 5.63. The zero-order valence-electron chi connectivity index (χ0n) is 52.4. The molecule has 0 amide bonds. The van der Waals surface area contributed by atoms with E-state index in [1.807, 2.05) is 24.3 Å². The molecule has 408 valence electrons. The van der Waals surface area contributed by atoms with Crippen LogP contribution in [0.3, 0.4) is 0 Å². The Balaban J connectivity index is 0.000000436. The fraction of sp³-hybridized carbons (Fsp3) is 0.636. The van der Waals surface area contributed by atoms with Crippen molar-refractivity contribution in [2.24, 2.45) is 0 Å². The van der Waals surface area contributed by atoms with Crippen LogP contribution in [0.2, 0.25) is 0 Å². The Kier molecular flexibility index (Phi) is 24.7. The molecule has 0 N–H and O–H groups in total. The number of piperidine rings is 1. The summed E-state index contributed by atoms with van der Waals surface area (Å²) in [5.41, 5.74) is 9.81. The first-order chi connectivity index (χ1) is 32.6. The molecule has 1 fully saturated rings. The Morgan fingerprint density at radius 1 is 0.417 bits per heavy atom. The predicted molar refractivity (Wildman–Crippen MR) is 323 cm³/mol. The minimum Gasteiger partial charge on any atom is -0.349 e. The van der Waals surface area contributed by atoms with Gasteiger partial charge in [-0.1, -0.05) is 36.4 Å². The van der Waals surface area contributed by atoms with Crippen molar-refractivity contribution in [3.63, 3.8) is 0 Å². The van der Waals surface area contributed by atoms with E-state index in [4.69, 9.17) is 0 Å². The fourth-order valence-electron chi connectivity index (χ4n) is 12.1. The number of hydrogen-bond acceptors (Lipinski definition) is 3. The van der Waals surface area contributed by atoms with Gasteiger partial charge < -0.3 is 18.6 Å². The lowest BCUT2D eigenvalue weighted by Gasteiger charge is -2.55. The molecule has 0 radical (unpaired) electrons. The Morgan fingerprint density at radius 3 is 0.889 bits per heavy atom. The largest absolute Gasteiger partial charge is 0.349 e. The zero-order chi connectivity index (χ0) is 56.0. The van der Waals surface area contributed by atoms with Crippen molar-refractivity contribution < 1.29 is 0 Å². The monoisotopic (exact) mass is 991 g/mol. The maximum absolute atomic E-state index is 2.68. The molecule has 6 rings (SSSR count). The van der Waals surface area contributed by atoms with Gasteiger partial charge in [-0.25, -0.2) is 0 Å². The van der Waals surface area contributed by atoms with Gasteiger partial charge in [0.2, 0.25) is 0 Å². The zero-order valence-corrected chi connectivity index (χ0v) is 52.4. The van der Waals surface area contributed by atoms with E-state index in [1.165, 1.54) is 53.4 Å². The molecule has 0 unspecified atom stereocenters. The lowest BCUT2D eigenvalue weighted by molar-refractivity contribution is -0.0508. The van der Waals surface area contributed by atoms with E-state index >= 15 is 0 Å². The molecule has 1 saturated heterocycles. The molecule has 6 heteroatoms. The molecule has 5 aromatic rings. The van der Waals surface area contributed by atoms with E-state index in [0.29, 0.717) is 29.2 Å². The van der Waals surface area contributed by atoms with Gasteiger partial charge in [-0.05, 0) is 281 Å². The van der Waals surface area contributed by atoms with Crippen molar-refractivity contribution in [3.8, 4) is 0 Å². The summed E-state index contributed by atoms with van der Waals surface area (Å²) in [6.07, 6.45) is 8.23. The van der Waals surface area contributed by atoms with E-state index in [0.717, 1.165) is 0 Å². The Morgan fingerprint density at radius 2 is 0.722 bits per heavy atom. The molecule has 0 bridgehead atoms. The first-order valence-electron chi connectivity index (χ1n) is 27.5. The van der Waals surface area contributed by atoms with Gasteiger partial charge in [-0.15, -0.1) is 0 Å². The summed E-state index contributed by atoms with van der Waals surface area (Å²) in [6.45, 7) is 65.3. The van der Waals surface area contributed by atoms with Gasteiger partial charge in [0, 0.05) is 103 Å². The highest BCUT2D eigenvalue weighted by Crippen LogP contribution is 2.39. The van der Waals surface area contributed by atoms with Gasteiger partial charge in [0.25, 0.3) is 0 Å². The summed E-state index contributed by atoms with van der Waals surface area (Å²) in [4.78, 5) is 7.56. The van der Waals surface area contributed by atoms with E-state index in [1.54, 1.807) is 0 Å². The first-order valence-corrected chi connectivity index (χ1v) is 27.5. The molecule has 1 aliphatic rings. The summed E-state index contributed by atoms with van der Waals surface area (Å²) >= 11 is 0. The topological polar surface area (TPSA) is 24.5 Å². The van der Waals surface area contributed by atoms with Crippen molar-refractivity contribution in [3.05, 3.63) is 132 Å². The van der Waals surface area contributed by atoms with Crippen LogP contribution in [0, 0.1) is 27.7 Å². The molecule has 0 spiro atoms. The minimum absolute atomic E-state index is 0.220. The van der Waals surface area contributed by atoms with Crippen LogP contribution < -0.4 is 4.90 Å². The van der Waals surface area contributed by atoms with Gasteiger partial charge in [0.1, 0.15) is 0 Å².